The van der Waals surface area contributed by atoms with E-state index < -0.39 is 0 Å². The van der Waals surface area contributed by atoms with Gasteiger partial charge in [0.25, 0.3) is 0 Å². The van der Waals surface area contributed by atoms with E-state index in [2.05, 4.69) is 0 Å². The molecule has 0 amide bonds. The second-order valence-electron chi connectivity index (χ2n) is 3.41. The number of nitrogens with zero attached hydrogens (tertiary/aromatic N) is 1. The largest absolute Gasteiger partial charge is 0.354 e. The van der Waals surface area contributed by atoms with Gasteiger partial charge in [-0.15, -0.1) is 0 Å². The van der Waals surface area contributed by atoms with Crippen LogP contribution in [0.25, 0.3) is 11.1 Å². The Labute approximate surface area is 82.8 Å². The molecule has 0 saturated carbocycles. The highest BCUT2D eigenvalue weighted by molar-refractivity contribution is 5.66. The van der Waals surface area contributed by atoms with Gasteiger partial charge in [0.1, 0.15) is 5.82 Å². The summed E-state index contributed by atoms with van der Waals surface area (Å²) in [4.78, 5) is 0. The Hall–Kier alpha value is -1.57. The monoisotopic (exact) mass is 189 g/mol. The number of hydrogen-bond acceptors (Lipinski definition) is 0. The summed E-state index contributed by atoms with van der Waals surface area (Å²) in [6, 6.07) is 8.79. The maximum Gasteiger partial charge on any atom is 0.131 e. The molecule has 0 N–H and O–H groups in total. The van der Waals surface area contributed by atoms with Crippen molar-refractivity contribution in [1.82, 2.24) is 4.57 Å². The van der Waals surface area contributed by atoms with Gasteiger partial charge < -0.3 is 4.57 Å². The lowest BCUT2D eigenvalue weighted by atomic mass is 10.1. The molecule has 0 radical (unpaired) electrons. The summed E-state index contributed by atoms with van der Waals surface area (Å²) >= 11 is 0. The fraction of sp³-hybridized carbons (Fsp3) is 0.167. The van der Waals surface area contributed by atoms with Crippen molar-refractivity contribution in [1.29, 1.82) is 0 Å². The zero-order chi connectivity index (χ0) is 10.1. The maximum atomic E-state index is 13.5. The number of hydrogen-bond donors (Lipinski definition) is 0. The van der Waals surface area contributed by atoms with Gasteiger partial charge >= 0.3 is 0 Å². The summed E-state index contributed by atoms with van der Waals surface area (Å²) in [7, 11) is 1.96. The van der Waals surface area contributed by atoms with Gasteiger partial charge in [-0.2, -0.15) is 0 Å². The molecule has 0 saturated heterocycles. The number of halogens is 1. The Morgan fingerprint density at radius 3 is 2.36 bits per heavy atom. The molecule has 0 aliphatic rings. The van der Waals surface area contributed by atoms with Crippen LogP contribution in [0.15, 0.2) is 36.5 Å². The zero-order valence-electron chi connectivity index (χ0n) is 8.29. The molecule has 0 aliphatic heterocycles. The summed E-state index contributed by atoms with van der Waals surface area (Å²) in [6.45, 7) is 1.99. The molecule has 1 heterocycles. The van der Waals surface area contributed by atoms with Crippen LogP contribution in [0.2, 0.25) is 0 Å². The molecular weight excluding hydrogens is 177 g/mol. The number of aryl methyl sites for hydroxylation is 1. The van der Waals surface area contributed by atoms with Crippen molar-refractivity contribution in [2.75, 3.05) is 0 Å². The Balaban J connectivity index is 2.60. The van der Waals surface area contributed by atoms with Crippen LogP contribution in [0, 0.1) is 12.7 Å². The first-order valence-electron chi connectivity index (χ1n) is 4.57. The molecular formula is C12H12FN. The van der Waals surface area contributed by atoms with Crippen molar-refractivity contribution >= 4 is 0 Å². The smallest absolute Gasteiger partial charge is 0.131 e. The third-order valence-corrected chi connectivity index (χ3v) is 2.55. The summed E-state index contributed by atoms with van der Waals surface area (Å²) in [5, 5.41) is 0. The lowest BCUT2D eigenvalue weighted by Gasteiger charge is -2.03. The predicted molar refractivity (Wildman–Crippen MR) is 55.5 cm³/mol. The third-order valence-electron chi connectivity index (χ3n) is 2.55. The highest BCUT2D eigenvalue weighted by atomic mass is 19.1. The molecule has 0 spiro atoms. The molecule has 1 aromatic heterocycles. The number of rotatable bonds is 1. The van der Waals surface area contributed by atoms with Crippen molar-refractivity contribution in [2.45, 2.75) is 6.92 Å². The van der Waals surface area contributed by atoms with Crippen molar-refractivity contribution in [2.24, 2.45) is 7.05 Å². The zero-order valence-corrected chi connectivity index (χ0v) is 8.29. The third kappa shape index (κ3) is 1.33. The minimum atomic E-state index is -0.165. The van der Waals surface area contributed by atoms with E-state index in [9.17, 15) is 4.39 Å². The Morgan fingerprint density at radius 2 is 1.79 bits per heavy atom. The topological polar surface area (TPSA) is 4.93 Å². The molecule has 0 bridgehead atoms. The van der Waals surface area contributed by atoms with Gasteiger partial charge in [0, 0.05) is 30.1 Å². The predicted octanol–water partition coefficient (Wildman–Crippen LogP) is 3.14. The first-order chi connectivity index (χ1) is 6.70. The SMILES string of the molecule is Cc1c(-c2ccccc2F)ccn1C. The van der Waals surface area contributed by atoms with E-state index in [4.69, 9.17) is 0 Å². The van der Waals surface area contributed by atoms with E-state index in [0.29, 0.717) is 5.56 Å². The summed E-state index contributed by atoms with van der Waals surface area (Å²) < 4.78 is 15.4. The summed E-state index contributed by atoms with van der Waals surface area (Å²) in [6.07, 6.45) is 1.94. The van der Waals surface area contributed by atoms with Crippen LogP contribution in [0.5, 0.6) is 0 Å². The molecule has 2 aromatic rings. The van der Waals surface area contributed by atoms with Crippen molar-refractivity contribution in [3.63, 3.8) is 0 Å². The molecule has 0 unspecified atom stereocenters. The van der Waals surface area contributed by atoms with Gasteiger partial charge in [0.2, 0.25) is 0 Å². The van der Waals surface area contributed by atoms with Crippen LogP contribution in [0.1, 0.15) is 5.69 Å². The average Bonchev–Trinajstić information content (AvgIpc) is 2.49. The van der Waals surface area contributed by atoms with Gasteiger partial charge in [0.05, 0.1) is 0 Å². The fourth-order valence-corrected chi connectivity index (χ4v) is 1.57. The van der Waals surface area contributed by atoms with Crippen LogP contribution >= 0.6 is 0 Å². The first-order valence-corrected chi connectivity index (χ1v) is 4.57. The minimum Gasteiger partial charge on any atom is -0.354 e. The van der Waals surface area contributed by atoms with Gasteiger partial charge in [-0.25, -0.2) is 4.39 Å². The van der Waals surface area contributed by atoms with E-state index in [1.54, 1.807) is 12.1 Å². The molecule has 14 heavy (non-hydrogen) atoms. The quantitative estimate of drug-likeness (QED) is 0.649. The van der Waals surface area contributed by atoms with Gasteiger partial charge in [0.15, 0.2) is 0 Å². The Bertz CT molecular complexity index is 457. The van der Waals surface area contributed by atoms with E-state index in [1.165, 1.54) is 6.07 Å². The minimum absolute atomic E-state index is 0.165. The molecule has 0 fully saturated rings. The lowest BCUT2D eigenvalue weighted by Crippen LogP contribution is -1.90. The molecule has 1 nitrogen and oxygen atoms in total. The van der Waals surface area contributed by atoms with Gasteiger partial charge in [-0.3, -0.25) is 0 Å². The molecule has 2 heteroatoms. The standard InChI is InChI=1S/C12H12FN/c1-9-10(7-8-14(9)2)11-5-3-4-6-12(11)13/h3-8H,1-2H3. The first kappa shape index (κ1) is 9.00. The average molecular weight is 189 g/mol. The second-order valence-corrected chi connectivity index (χ2v) is 3.41. The molecule has 0 atom stereocenters. The van der Waals surface area contributed by atoms with Crippen molar-refractivity contribution < 1.29 is 4.39 Å². The van der Waals surface area contributed by atoms with E-state index in [0.717, 1.165) is 11.3 Å². The van der Waals surface area contributed by atoms with Gasteiger partial charge in [-0.05, 0) is 19.1 Å². The highest BCUT2D eigenvalue weighted by Gasteiger charge is 2.08. The number of aromatic nitrogens is 1. The molecule has 72 valence electrons. The van der Waals surface area contributed by atoms with Crippen molar-refractivity contribution in [3.05, 3.63) is 48.0 Å². The van der Waals surface area contributed by atoms with Crippen LogP contribution < -0.4 is 0 Å². The molecule has 1 aromatic carbocycles. The normalized spacial score (nSPS) is 10.5. The van der Waals surface area contributed by atoms with Crippen molar-refractivity contribution in [3.8, 4) is 11.1 Å². The van der Waals surface area contributed by atoms with E-state index >= 15 is 0 Å². The van der Waals surface area contributed by atoms with Crippen LogP contribution in [0.4, 0.5) is 4.39 Å². The number of benzene rings is 1. The van der Waals surface area contributed by atoms with Crippen LogP contribution in [-0.4, -0.2) is 4.57 Å². The molecule has 2 rings (SSSR count). The maximum absolute atomic E-state index is 13.5. The van der Waals surface area contributed by atoms with E-state index in [1.807, 2.05) is 36.9 Å². The second kappa shape index (κ2) is 3.29. The van der Waals surface area contributed by atoms with Crippen LogP contribution in [-0.2, 0) is 7.05 Å². The Morgan fingerprint density at radius 1 is 1.07 bits per heavy atom. The van der Waals surface area contributed by atoms with E-state index in [-0.39, 0.29) is 5.82 Å². The highest BCUT2D eigenvalue weighted by Crippen LogP contribution is 2.25. The summed E-state index contributed by atoms with van der Waals surface area (Å²) in [5.41, 5.74) is 2.71. The Kier molecular flexibility index (Phi) is 2.12. The fourth-order valence-electron chi connectivity index (χ4n) is 1.57. The summed E-state index contributed by atoms with van der Waals surface area (Å²) in [5.74, 6) is -0.165. The molecule has 0 aliphatic carbocycles. The lowest BCUT2D eigenvalue weighted by molar-refractivity contribution is 0.631. The van der Waals surface area contributed by atoms with Crippen LogP contribution in [0.3, 0.4) is 0 Å². The van der Waals surface area contributed by atoms with Gasteiger partial charge in [-0.1, -0.05) is 18.2 Å².